The Balaban J connectivity index is 2.83. The Bertz CT molecular complexity index is 777. The molecule has 1 unspecified atom stereocenters. The van der Waals surface area contributed by atoms with Gasteiger partial charge in [0, 0.05) is 30.2 Å². The van der Waals surface area contributed by atoms with Crippen LogP contribution in [0, 0.1) is 19.8 Å². The minimum atomic E-state index is -4.31. The fourth-order valence-corrected chi connectivity index (χ4v) is 2.13. The highest BCUT2D eigenvalue weighted by Crippen LogP contribution is 2.16. The van der Waals surface area contributed by atoms with Gasteiger partial charge in [-0.2, -0.15) is 13.2 Å². The van der Waals surface area contributed by atoms with Crippen molar-refractivity contribution in [2.75, 3.05) is 13.6 Å². The van der Waals surface area contributed by atoms with E-state index in [0.29, 0.717) is 11.4 Å². The number of halogens is 3. The van der Waals surface area contributed by atoms with E-state index in [-0.39, 0.29) is 17.3 Å². The highest BCUT2D eigenvalue weighted by Gasteiger charge is 2.25. The monoisotopic (exact) mass is 379 g/mol. The molecule has 7 heteroatoms. The number of rotatable bonds is 8. The van der Waals surface area contributed by atoms with E-state index in [4.69, 9.17) is 0 Å². The molecule has 1 aromatic heterocycles. The van der Waals surface area contributed by atoms with Crippen molar-refractivity contribution >= 4 is 12.0 Å². The van der Waals surface area contributed by atoms with Crippen LogP contribution in [0.25, 0.3) is 0 Å². The standard InChI is InChI=1S/C20H24F3N3O/c1-13(7-6-10-25-12-20(21,22)23)11-18(24-5)15(3)19(27)17-9-8-14(2)16(4)26-17/h6-11,13,24H,3,12H2,1-2,4-5H3/b7-6?,18-11-,25-10?. The number of carbonyl (C=O) groups is 1. The van der Waals surface area contributed by atoms with Crippen LogP contribution in [0.4, 0.5) is 13.2 Å². The Labute approximate surface area is 157 Å². The second-order valence-corrected chi connectivity index (χ2v) is 6.09. The number of hydrogen-bond acceptors (Lipinski definition) is 4. The number of alkyl halides is 3. The van der Waals surface area contributed by atoms with Crippen LogP contribution in [0.3, 0.4) is 0 Å². The largest absolute Gasteiger partial charge is 0.407 e. The van der Waals surface area contributed by atoms with Gasteiger partial charge in [0.05, 0.1) is 0 Å². The molecule has 0 bridgehead atoms. The molecule has 0 aliphatic carbocycles. The molecule has 0 aliphatic heterocycles. The molecular formula is C20H24F3N3O. The van der Waals surface area contributed by atoms with E-state index in [1.165, 1.54) is 6.08 Å². The van der Waals surface area contributed by atoms with Gasteiger partial charge in [0.1, 0.15) is 12.2 Å². The summed E-state index contributed by atoms with van der Waals surface area (Å²) in [6, 6.07) is 3.49. The Morgan fingerprint density at radius 3 is 2.59 bits per heavy atom. The molecule has 1 N–H and O–H groups in total. The minimum Gasteiger partial charge on any atom is -0.388 e. The third-order valence-electron chi connectivity index (χ3n) is 3.76. The van der Waals surface area contributed by atoms with E-state index in [0.717, 1.165) is 17.5 Å². The zero-order valence-corrected chi connectivity index (χ0v) is 15.9. The second kappa shape index (κ2) is 9.85. The Hall–Kier alpha value is -2.70. The van der Waals surface area contributed by atoms with E-state index in [1.54, 1.807) is 25.3 Å². The summed E-state index contributed by atoms with van der Waals surface area (Å²) in [5.41, 5.74) is 2.88. The number of nitrogens with zero attached hydrogens (tertiary/aromatic N) is 2. The Kier molecular flexibility index (Phi) is 8.15. The van der Waals surface area contributed by atoms with Crippen molar-refractivity contribution < 1.29 is 18.0 Å². The number of pyridine rings is 1. The summed E-state index contributed by atoms with van der Waals surface area (Å²) in [5.74, 6) is -0.441. The average molecular weight is 379 g/mol. The SMILES string of the molecule is C=C(C(=O)c1ccc(C)c(C)n1)/C(=C/C(C)C=CC=NCC(F)(F)F)NC. The van der Waals surface area contributed by atoms with E-state index in [2.05, 4.69) is 21.9 Å². The molecule has 27 heavy (non-hydrogen) atoms. The van der Waals surface area contributed by atoms with Gasteiger partial charge in [0.15, 0.2) is 0 Å². The topological polar surface area (TPSA) is 54.4 Å². The zero-order valence-electron chi connectivity index (χ0n) is 15.9. The summed E-state index contributed by atoms with van der Waals surface area (Å²) in [6.07, 6.45) is 1.67. The van der Waals surface area contributed by atoms with Crippen molar-refractivity contribution in [2.45, 2.75) is 26.9 Å². The number of aromatic nitrogens is 1. The minimum absolute atomic E-state index is 0.151. The van der Waals surface area contributed by atoms with Gasteiger partial charge < -0.3 is 5.32 Å². The lowest BCUT2D eigenvalue weighted by molar-refractivity contribution is -0.118. The number of aryl methyl sites for hydroxylation is 2. The lowest BCUT2D eigenvalue weighted by atomic mass is 10.0. The van der Waals surface area contributed by atoms with Crippen molar-refractivity contribution in [1.82, 2.24) is 10.3 Å². The molecule has 0 fully saturated rings. The van der Waals surface area contributed by atoms with Crippen LogP contribution < -0.4 is 5.32 Å². The summed E-state index contributed by atoms with van der Waals surface area (Å²) in [4.78, 5) is 20.2. The molecule has 0 radical (unpaired) electrons. The first-order valence-electron chi connectivity index (χ1n) is 8.36. The molecule has 146 valence electrons. The number of likely N-dealkylation sites (N-methyl/N-ethyl adjacent to an activating group) is 1. The van der Waals surface area contributed by atoms with E-state index in [1.807, 2.05) is 26.8 Å². The molecule has 0 spiro atoms. The maximum atomic E-state index is 12.6. The summed E-state index contributed by atoms with van der Waals surface area (Å²) in [7, 11) is 1.67. The fraction of sp³-hybridized carbons (Fsp3) is 0.350. The first-order chi connectivity index (χ1) is 12.5. The number of allylic oxidation sites excluding steroid dienone is 4. The highest BCUT2D eigenvalue weighted by atomic mass is 19.4. The van der Waals surface area contributed by atoms with Crippen LogP contribution >= 0.6 is 0 Å². The Morgan fingerprint density at radius 2 is 2.04 bits per heavy atom. The molecule has 0 amide bonds. The second-order valence-electron chi connectivity index (χ2n) is 6.09. The van der Waals surface area contributed by atoms with Crippen molar-refractivity contribution in [3.05, 3.63) is 65.2 Å². The lowest BCUT2D eigenvalue weighted by Gasteiger charge is -2.12. The smallest absolute Gasteiger partial charge is 0.388 e. The number of hydrogen-bond donors (Lipinski definition) is 1. The third-order valence-corrected chi connectivity index (χ3v) is 3.76. The van der Waals surface area contributed by atoms with Crippen LogP contribution in [0.5, 0.6) is 0 Å². The van der Waals surface area contributed by atoms with Gasteiger partial charge in [-0.25, -0.2) is 4.98 Å². The van der Waals surface area contributed by atoms with Crippen molar-refractivity contribution in [3.63, 3.8) is 0 Å². The van der Waals surface area contributed by atoms with Gasteiger partial charge >= 0.3 is 6.18 Å². The van der Waals surface area contributed by atoms with Crippen molar-refractivity contribution in [2.24, 2.45) is 10.9 Å². The van der Waals surface area contributed by atoms with Crippen molar-refractivity contribution in [3.8, 4) is 0 Å². The lowest BCUT2D eigenvalue weighted by Crippen LogP contribution is -2.16. The summed E-state index contributed by atoms with van der Waals surface area (Å²) in [5, 5.41) is 2.93. The van der Waals surface area contributed by atoms with Gasteiger partial charge in [0.2, 0.25) is 5.78 Å². The van der Waals surface area contributed by atoms with Crippen LogP contribution in [0.15, 0.2) is 53.2 Å². The van der Waals surface area contributed by atoms with Gasteiger partial charge in [-0.15, -0.1) is 0 Å². The van der Waals surface area contributed by atoms with Crippen LogP contribution in [0.1, 0.15) is 28.7 Å². The third kappa shape index (κ3) is 7.60. The maximum Gasteiger partial charge on any atom is 0.407 e. The molecule has 0 saturated heterocycles. The molecule has 1 aromatic rings. The summed E-state index contributed by atoms with van der Waals surface area (Å²) in [6.45, 7) is 8.21. The van der Waals surface area contributed by atoms with E-state index < -0.39 is 12.7 Å². The normalized spacial score (nSPS) is 14.0. The number of Topliss-reactive ketones (excluding diaryl/α,β-unsaturated/α-hetero) is 1. The molecule has 1 atom stereocenters. The predicted molar refractivity (Wildman–Crippen MR) is 102 cm³/mol. The Morgan fingerprint density at radius 1 is 1.37 bits per heavy atom. The first kappa shape index (κ1) is 22.3. The number of nitrogens with one attached hydrogen (secondary N) is 1. The molecule has 1 rings (SSSR count). The molecular weight excluding hydrogens is 355 g/mol. The van der Waals surface area contributed by atoms with Crippen LogP contribution in [-0.4, -0.2) is 36.8 Å². The maximum absolute atomic E-state index is 12.6. The number of carbonyl (C=O) groups excluding carboxylic acids is 1. The van der Waals surface area contributed by atoms with Crippen molar-refractivity contribution in [1.29, 1.82) is 0 Å². The van der Waals surface area contributed by atoms with E-state index >= 15 is 0 Å². The average Bonchev–Trinajstić information content (AvgIpc) is 2.59. The zero-order chi connectivity index (χ0) is 20.6. The summed E-state index contributed by atoms with van der Waals surface area (Å²) >= 11 is 0. The number of ketones is 1. The van der Waals surface area contributed by atoms with Gasteiger partial charge in [-0.05, 0) is 37.5 Å². The number of aliphatic imine (C=N–C) groups is 1. The predicted octanol–water partition coefficient (Wildman–Crippen LogP) is 4.37. The summed E-state index contributed by atoms with van der Waals surface area (Å²) < 4.78 is 36.0. The van der Waals surface area contributed by atoms with Gasteiger partial charge in [-0.3, -0.25) is 9.79 Å². The van der Waals surface area contributed by atoms with Crippen LogP contribution in [-0.2, 0) is 0 Å². The van der Waals surface area contributed by atoms with Gasteiger partial charge in [-0.1, -0.05) is 31.7 Å². The fourth-order valence-electron chi connectivity index (χ4n) is 2.13. The molecule has 0 aliphatic rings. The molecule has 0 aromatic carbocycles. The quantitative estimate of drug-likeness (QED) is 0.316. The molecule has 4 nitrogen and oxygen atoms in total. The molecule has 1 heterocycles. The first-order valence-corrected chi connectivity index (χ1v) is 8.36. The molecule has 0 saturated carbocycles. The van der Waals surface area contributed by atoms with E-state index in [9.17, 15) is 18.0 Å². The van der Waals surface area contributed by atoms with Crippen LogP contribution in [0.2, 0.25) is 0 Å². The highest BCUT2D eigenvalue weighted by molar-refractivity contribution is 6.09. The van der Waals surface area contributed by atoms with Gasteiger partial charge in [0.25, 0.3) is 0 Å².